The van der Waals surface area contributed by atoms with Crippen LogP contribution in [0.1, 0.15) is 13.8 Å². The van der Waals surface area contributed by atoms with Gasteiger partial charge in [0.1, 0.15) is 6.04 Å². The lowest BCUT2D eigenvalue weighted by atomic mass is 10.3. The lowest BCUT2D eigenvalue weighted by molar-refractivity contribution is -0.141. The van der Waals surface area contributed by atoms with Crippen molar-refractivity contribution >= 4 is 17.8 Å². The van der Waals surface area contributed by atoms with Crippen LogP contribution in [0.3, 0.4) is 0 Å². The van der Waals surface area contributed by atoms with E-state index in [-0.39, 0.29) is 6.54 Å². The first kappa shape index (κ1) is 16.7. The molecule has 0 fully saturated rings. The van der Waals surface area contributed by atoms with Gasteiger partial charge < -0.3 is 27.0 Å². The molecule has 0 bridgehead atoms. The van der Waals surface area contributed by atoms with Gasteiger partial charge in [-0.15, -0.1) is 0 Å². The smallest absolute Gasteiger partial charge is 0.325 e. The molecule has 0 saturated heterocycles. The van der Waals surface area contributed by atoms with E-state index >= 15 is 0 Å². The van der Waals surface area contributed by atoms with Gasteiger partial charge in [0.15, 0.2) is 0 Å². The summed E-state index contributed by atoms with van der Waals surface area (Å²) in [4.78, 5) is 30.2. The number of nitrogens with one attached hydrogen (secondary N) is 1. The molecule has 1 amide bonds. The molecule has 16 heavy (non-hydrogen) atoms. The molecule has 0 aliphatic carbocycles. The number of nitrogens with two attached hydrogens (primary N) is 2. The van der Waals surface area contributed by atoms with Gasteiger partial charge in [-0.1, -0.05) is 0 Å². The van der Waals surface area contributed by atoms with Crippen molar-refractivity contribution in [2.45, 2.75) is 25.9 Å². The van der Waals surface area contributed by atoms with E-state index in [1.54, 1.807) is 0 Å². The molecule has 0 heterocycles. The normalized spacial score (nSPS) is 12.8. The molecule has 0 spiro atoms. The first-order valence-corrected chi connectivity index (χ1v) is 4.43. The van der Waals surface area contributed by atoms with Crippen LogP contribution >= 0.6 is 0 Å². The van der Waals surface area contributed by atoms with E-state index in [4.69, 9.17) is 15.9 Å². The second-order valence-electron chi connectivity index (χ2n) is 2.96. The molecule has 8 nitrogen and oxygen atoms in total. The van der Waals surface area contributed by atoms with E-state index in [0.29, 0.717) is 0 Å². The van der Waals surface area contributed by atoms with Crippen LogP contribution in [-0.2, 0) is 14.4 Å². The van der Waals surface area contributed by atoms with Crippen LogP contribution in [0.25, 0.3) is 0 Å². The third-order valence-electron chi connectivity index (χ3n) is 1.32. The topological polar surface area (TPSA) is 156 Å². The molecule has 7 N–H and O–H groups in total. The SMILES string of the molecule is C[C@H](NC(=O)[C@@H](C)N)C(=O)O.NCC(=O)O. The first-order valence-electron chi connectivity index (χ1n) is 4.43. The lowest BCUT2D eigenvalue weighted by Crippen LogP contribution is -2.45. The molecule has 0 aromatic rings. The maximum Gasteiger partial charge on any atom is 0.325 e. The van der Waals surface area contributed by atoms with Crippen LogP contribution in [0.2, 0.25) is 0 Å². The summed E-state index contributed by atoms with van der Waals surface area (Å²) in [6.07, 6.45) is 0. The fraction of sp³-hybridized carbons (Fsp3) is 0.625. The third-order valence-corrected chi connectivity index (χ3v) is 1.32. The minimum Gasteiger partial charge on any atom is -0.480 e. The highest BCUT2D eigenvalue weighted by molar-refractivity contribution is 5.86. The predicted molar refractivity (Wildman–Crippen MR) is 55.6 cm³/mol. The zero-order valence-electron chi connectivity index (χ0n) is 9.14. The van der Waals surface area contributed by atoms with Crippen molar-refractivity contribution in [3.63, 3.8) is 0 Å². The number of carbonyl (C=O) groups excluding carboxylic acids is 1. The minimum atomic E-state index is -1.07. The van der Waals surface area contributed by atoms with Crippen LogP contribution in [0.15, 0.2) is 0 Å². The standard InChI is InChI=1S/C6H12N2O3.C2H5NO2/c1-3(7)5(9)8-4(2)6(10)11;3-1-2(4)5/h3-4H,7H2,1-2H3,(H,8,9)(H,10,11);1,3H2,(H,4,5)/t3-,4+;/m1./s1. The van der Waals surface area contributed by atoms with Gasteiger partial charge in [0.25, 0.3) is 0 Å². The van der Waals surface area contributed by atoms with Crippen molar-refractivity contribution in [1.82, 2.24) is 5.32 Å². The van der Waals surface area contributed by atoms with Crippen molar-refractivity contribution in [2.24, 2.45) is 11.5 Å². The number of carbonyl (C=O) groups is 3. The van der Waals surface area contributed by atoms with Crippen molar-refractivity contribution in [1.29, 1.82) is 0 Å². The maximum absolute atomic E-state index is 10.8. The molecule has 0 unspecified atom stereocenters. The number of rotatable bonds is 4. The molecule has 0 rings (SSSR count). The second kappa shape index (κ2) is 8.62. The number of hydrogen-bond donors (Lipinski definition) is 5. The molecule has 0 aromatic heterocycles. The van der Waals surface area contributed by atoms with E-state index in [1.807, 2.05) is 0 Å². The zero-order valence-corrected chi connectivity index (χ0v) is 9.14. The van der Waals surface area contributed by atoms with Gasteiger partial charge in [-0.05, 0) is 13.8 Å². The molecular formula is C8H17N3O5. The largest absolute Gasteiger partial charge is 0.480 e. The lowest BCUT2D eigenvalue weighted by Gasteiger charge is -2.10. The van der Waals surface area contributed by atoms with Crippen LogP contribution < -0.4 is 16.8 Å². The molecule has 2 atom stereocenters. The summed E-state index contributed by atoms with van der Waals surface area (Å²) < 4.78 is 0. The maximum atomic E-state index is 10.8. The summed E-state index contributed by atoms with van der Waals surface area (Å²) in [6.45, 7) is 2.59. The minimum absolute atomic E-state index is 0.278. The number of carboxylic acid groups (broad SMARTS) is 2. The van der Waals surface area contributed by atoms with Gasteiger partial charge in [-0.25, -0.2) is 0 Å². The van der Waals surface area contributed by atoms with Crippen molar-refractivity contribution in [3.05, 3.63) is 0 Å². The summed E-state index contributed by atoms with van der Waals surface area (Å²) in [6, 6.07) is -1.55. The molecule has 94 valence electrons. The third kappa shape index (κ3) is 10.4. The Labute approximate surface area is 92.6 Å². The zero-order chi connectivity index (χ0) is 13.3. The van der Waals surface area contributed by atoms with Crippen molar-refractivity contribution in [3.8, 4) is 0 Å². The fourth-order valence-corrected chi connectivity index (χ4v) is 0.407. The Hall–Kier alpha value is -1.67. The molecule has 0 aromatic carbocycles. The monoisotopic (exact) mass is 235 g/mol. The Kier molecular flexibility index (Phi) is 9.03. The van der Waals surface area contributed by atoms with Crippen molar-refractivity contribution in [2.75, 3.05) is 6.54 Å². The summed E-state index contributed by atoms with van der Waals surface area (Å²) in [5.74, 6) is -2.50. The highest BCUT2D eigenvalue weighted by Crippen LogP contribution is 1.83. The molecule has 0 radical (unpaired) electrons. The number of aliphatic carboxylic acids is 2. The number of carboxylic acids is 2. The van der Waals surface area contributed by atoms with Gasteiger partial charge in [0.2, 0.25) is 5.91 Å². The molecular weight excluding hydrogens is 218 g/mol. The fourth-order valence-electron chi connectivity index (χ4n) is 0.407. The molecule has 0 saturated carbocycles. The van der Waals surface area contributed by atoms with Gasteiger partial charge >= 0.3 is 11.9 Å². The Balaban J connectivity index is 0. The Morgan fingerprint density at radius 3 is 1.81 bits per heavy atom. The highest BCUT2D eigenvalue weighted by atomic mass is 16.4. The second-order valence-corrected chi connectivity index (χ2v) is 2.96. The predicted octanol–water partition coefficient (Wildman–Crippen LogP) is -2.05. The van der Waals surface area contributed by atoms with Gasteiger partial charge in [0, 0.05) is 0 Å². The van der Waals surface area contributed by atoms with E-state index in [0.717, 1.165) is 0 Å². The van der Waals surface area contributed by atoms with E-state index in [1.165, 1.54) is 13.8 Å². The van der Waals surface area contributed by atoms with E-state index in [2.05, 4.69) is 11.1 Å². The van der Waals surface area contributed by atoms with Crippen LogP contribution in [-0.4, -0.2) is 46.7 Å². The Morgan fingerprint density at radius 1 is 1.25 bits per heavy atom. The highest BCUT2D eigenvalue weighted by Gasteiger charge is 2.15. The van der Waals surface area contributed by atoms with E-state index < -0.39 is 29.9 Å². The summed E-state index contributed by atoms with van der Waals surface area (Å²) in [7, 11) is 0. The first-order chi connectivity index (χ1) is 7.22. The van der Waals surface area contributed by atoms with Gasteiger partial charge in [-0.3, -0.25) is 14.4 Å². The van der Waals surface area contributed by atoms with Crippen LogP contribution in [0, 0.1) is 0 Å². The number of amides is 1. The average molecular weight is 235 g/mol. The van der Waals surface area contributed by atoms with Crippen LogP contribution in [0.5, 0.6) is 0 Å². The van der Waals surface area contributed by atoms with Crippen molar-refractivity contribution < 1.29 is 24.6 Å². The van der Waals surface area contributed by atoms with Gasteiger partial charge in [0.05, 0.1) is 12.6 Å². The van der Waals surface area contributed by atoms with Gasteiger partial charge in [-0.2, -0.15) is 0 Å². The summed E-state index contributed by atoms with van der Waals surface area (Å²) >= 11 is 0. The summed E-state index contributed by atoms with van der Waals surface area (Å²) in [5.41, 5.74) is 9.75. The summed E-state index contributed by atoms with van der Waals surface area (Å²) in [5, 5.41) is 18.2. The molecule has 0 aliphatic heterocycles. The average Bonchev–Trinajstić information content (AvgIpc) is 2.18. The van der Waals surface area contributed by atoms with Crippen LogP contribution in [0.4, 0.5) is 0 Å². The molecule has 0 aliphatic rings. The van der Waals surface area contributed by atoms with E-state index in [9.17, 15) is 14.4 Å². The molecule has 8 heteroatoms. The Morgan fingerprint density at radius 2 is 1.62 bits per heavy atom. The number of hydrogen-bond acceptors (Lipinski definition) is 5. The quantitative estimate of drug-likeness (QED) is 0.375. The Bertz CT molecular complexity index is 254.